The van der Waals surface area contributed by atoms with Crippen LogP contribution >= 0.6 is 0 Å². The molecule has 0 aliphatic carbocycles. The van der Waals surface area contributed by atoms with E-state index < -0.39 is 0 Å². The molecule has 1 amide bonds. The summed E-state index contributed by atoms with van der Waals surface area (Å²) in [5.74, 6) is -0.137. The quantitative estimate of drug-likeness (QED) is 0.880. The average molecular weight is 297 g/mol. The lowest BCUT2D eigenvalue weighted by Crippen LogP contribution is -2.19. The Kier molecular flexibility index (Phi) is 5.53. The summed E-state index contributed by atoms with van der Waals surface area (Å²) < 4.78 is 0. The van der Waals surface area contributed by atoms with E-state index in [-0.39, 0.29) is 5.91 Å². The Hall–Kier alpha value is -2.36. The molecule has 2 rings (SSSR count). The smallest absolute Gasteiger partial charge is 0.257 e. The van der Waals surface area contributed by atoms with E-state index >= 15 is 0 Å². The standard InChI is InChI=1S/C18H23N3O/c1-4-5-10-21(3)17-11-15(12-19-13-17)18(22)20-16-8-6-14(2)7-9-16/h6-9,11-13H,4-5,10H2,1-3H3,(H,20,22). The molecule has 1 N–H and O–H groups in total. The number of carbonyl (C=O) groups is 1. The van der Waals surface area contributed by atoms with Crippen LogP contribution in [0.2, 0.25) is 0 Å². The fourth-order valence-electron chi connectivity index (χ4n) is 2.13. The number of pyridine rings is 1. The van der Waals surface area contributed by atoms with Crippen molar-refractivity contribution < 1.29 is 4.79 Å². The highest BCUT2D eigenvalue weighted by atomic mass is 16.1. The van der Waals surface area contributed by atoms with Crippen LogP contribution in [0, 0.1) is 6.92 Å². The van der Waals surface area contributed by atoms with Gasteiger partial charge in [-0.25, -0.2) is 0 Å². The highest BCUT2D eigenvalue weighted by Crippen LogP contribution is 2.16. The molecule has 2 aromatic rings. The molecule has 0 bridgehead atoms. The minimum Gasteiger partial charge on any atom is -0.373 e. The van der Waals surface area contributed by atoms with Gasteiger partial charge in [0.25, 0.3) is 5.91 Å². The normalized spacial score (nSPS) is 10.3. The first kappa shape index (κ1) is 16.0. The molecule has 0 radical (unpaired) electrons. The summed E-state index contributed by atoms with van der Waals surface area (Å²) in [7, 11) is 2.02. The third-order valence-electron chi connectivity index (χ3n) is 3.58. The monoisotopic (exact) mass is 297 g/mol. The number of rotatable bonds is 6. The topological polar surface area (TPSA) is 45.2 Å². The zero-order chi connectivity index (χ0) is 15.9. The molecule has 0 fully saturated rings. The van der Waals surface area contributed by atoms with Crippen LogP contribution in [-0.2, 0) is 0 Å². The van der Waals surface area contributed by atoms with Crippen molar-refractivity contribution in [1.29, 1.82) is 0 Å². The molecule has 0 unspecified atom stereocenters. The van der Waals surface area contributed by atoms with Crippen LogP contribution < -0.4 is 10.2 Å². The molecule has 0 saturated heterocycles. The van der Waals surface area contributed by atoms with Gasteiger partial charge in [0.2, 0.25) is 0 Å². The van der Waals surface area contributed by atoms with Crippen molar-refractivity contribution in [3.05, 3.63) is 53.9 Å². The van der Waals surface area contributed by atoms with Crippen LogP contribution in [0.3, 0.4) is 0 Å². The van der Waals surface area contributed by atoms with Gasteiger partial charge in [0.1, 0.15) is 0 Å². The van der Waals surface area contributed by atoms with Gasteiger partial charge < -0.3 is 10.2 Å². The third kappa shape index (κ3) is 4.32. The van der Waals surface area contributed by atoms with Crippen LogP contribution in [0.4, 0.5) is 11.4 Å². The lowest BCUT2D eigenvalue weighted by Gasteiger charge is -2.19. The van der Waals surface area contributed by atoms with Crippen LogP contribution in [-0.4, -0.2) is 24.5 Å². The maximum Gasteiger partial charge on any atom is 0.257 e. The SMILES string of the molecule is CCCCN(C)c1cncc(C(=O)Nc2ccc(C)cc2)c1. The van der Waals surface area contributed by atoms with Crippen LogP contribution in [0.1, 0.15) is 35.7 Å². The molecule has 4 nitrogen and oxygen atoms in total. The largest absolute Gasteiger partial charge is 0.373 e. The first-order chi connectivity index (χ1) is 10.6. The predicted octanol–water partition coefficient (Wildman–Crippen LogP) is 3.88. The van der Waals surface area contributed by atoms with E-state index in [1.807, 2.05) is 44.3 Å². The molecular formula is C18H23N3O. The van der Waals surface area contributed by atoms with E-state index in [2.05, 4.69) is 22.1 Å². The molecule has 1 aromatic carbocycles. The minimum absolute atomic E-state index is 0.137. The summed E-state index contributed by atoms with van der Waals surface area (Å²) in [6, 6.07) is 9.63. The number of carbonyl (C=O) groups excluding carboxylic acids is 1. The van der Waals surface area contributed by atoms with Crippen molar-refractivity contribution in [2.75, 3.05) is 23.8 Å². The Morgan fingerprint density at radius 1 is 1.23 bits per heavy atom. The zero-order valence-electron chi connectivity index (χ0n) is 13.5. The van der Waals surface area contributed by atoms with Gasteiger partial charge in [0, 0.05) is 25.5 Å². The van der Waals surface area contributed by atoms with Gasteiger partial charge in [-0.05, 0) is 31.5 Å². The number of hydrogen-bond acceptors (Lipinski definition) is 3. The van der Waals surface area contributed by atoms with E-state index in [0.717, 1.165) is 30.8 Å². The van der Waals surface area contributed by atoms with Crippen molar-refractivity contribution in [1.82, 2.24) is 4.98 Å². The average Bonchev–Trinajstić information content (AvgIpc) is 2.54. The molecule has 0 atom stereocenters. The molecule has 116 valence electrons. The number of nitrogens with one attached hydrogen (secondary N) is 1. The summed E-state index contributed by atoms with van der Waals surface area (Å²) in [5, 5.41) is 2.90. The predicted molar refractivity (Wildman–Crippen MR) is 91.5 cm³/mol. The lowest BCUT2D eigenvalue weighted by molar-refractivity contribution is 0.102. The van der Waals surface area contributed by atoms with Gasteiger partial charge in [-0.1, -0.05) is 31.0 Å². The minimum atomic E-state index is -0.137. The van der Waals surface area contributed by atoms with Gasteiger partial charge in [-0.3, -0.25) is 9.78 Å². The zero-order valence-corrected chi connectivity index (χ0v) is 13.5. The van der Waals surface area contributed by atoms with Gasteiger partial charge in [0.05, 0.1) is 17.4 Å². The number of hydrogen-bond donors (Lipinski definition) is 1. The van der Waals surface area contributed by atoms with Crippen molar-refractivity contribution >= 4 is 17.3 Å². The van der Waals surface area contributed by atoms with E-state index in [1.54, 1.807) is 12.4 Å². The number of nitrogens with zero attached hydrogens (tertiary/aromatic N) is 2. The molecule has 0 spiro atoms. The van der Waals surface area contributed by atoms with Gasteiger partial charge in [0.15, 0.2) is 0 Å². The fourth-order valence-corrected chi connectivity index (χ4v) is 2.13. The molecule has 0 saturated carbocycles. The summed E-state index contributed by atoms with van der Waals surface area (Å²) in [5.41, 5.74) is 3.49. The van der Waals surface area contributed by atoms with Gasteiger partial charge in [-0.2, -0.15) is 0 Å². The molecule has 4 heteroatoms. The van der Waals surface area contributed by atoms with Crippen molar-refractivity contribution in [2.45, 2.75) is 26.7 Å². The van der Waals surface area contributed by atoms with Gasteiger partial charge in [-0.15, -0.1) is 0 Å². The molecule has 22 heavy (non-hydrogen) atoms. The lowest BCUT2D eigenvalue weighted by atomic mass is 10.2. The van der Waals surface area contributed by atoms with E-state index in [9.17, 15) is 4.79 Å². The second-order valence-corrected chi connectivity index (χ2v) is 5.53. The second kappa shape index (κ2) is 7.59. The Balaban J connectivity index is 2.08. The maximum atomic E-state index is 12.3. The molecule has 0 aliphatic heterocycles. The fraction of sp³-hybridized carbons (Fsp3) is 0.333. The Morgan fingerprint density at radius 3 is 2.64 bits per heavy atom. The number of amides is 1. The molecular weight excluding hydrogens is 274 g/mol. The van der Waals surface area contributed by atoms with Gasteiger partial charge >= 0.3 is 0 Å². The van der Waals surface area contributed by atoms with Crippen molar-refractivity contribution in [3.8, 4) is 0 Å². The summed E-state index contributed by atoms with van der Waals surface area (Å²) in [6.45, 7) is 5.14. The Labute approximate surface area is 132 Å². The number of aromatic nitrogens is 1. The van der Waals surface area contributed by atoms with E-state index in [0.29, 0.717) is 5.56 Å². The number of unbranched alkanes of at least 4 members (excludes halogenated alkanes) is 1. The van der Waals surface area contributed by atoms with E-state index in [4.69, 9.17) is 0 Å². The summed E-state index contributed by atoms with van der Waals surface area (Å²) >= 11 is 0. The Morgan fingerprint density at radius 2 is 1.95 bits per heavy atom. The first-order valence-electron chi connectivity index (χ1n) is 7.64. The Bertz CT molecular complexity index is 622. The van der Waals surface area contributed by atoms with Crippen LogP contribution in [0.5, 0.6) is 0 Å². The van der Waals surface area contributed by atoms with Crippen molar-refractivity contribution in [3.63, 3.8) is 0 Å². The number of aryl methyl sites for hydroxylation is 1. The third-order valence-corrected chi connectivity index (χ3v) is 3.58. The highest BCUT2D eigenvalue weighted by molar-refractivity contribution is 6.04. The summed E-state index contributed by atoms with van der Waals surface area (Å²) in [4.78, 5) is 18.6. The molecule has 1 heterocycles. The first-order valence-corrected chi connectivity index (χ1v) is 7.64. The summed E-state index contributed by atoms with van der Waals surface area (Å²) in [6.07, 6.45) is 5.65. The van der Waals surface area contributed by atoms with Crippen LogP contribution in [0.25, 0.3) is 0 Å². The highest BCUT2D eigenvalue weighted by Gasteiger charge is 2.09. The van der Waals surface area contributed by atoms with Crippen LogP contribution in [0.15, 0.2) is 42.7 Å². The maximum absolute atomic E-state index is 12.3. The second-order valence-electron chi connectivity index (χ2n) is 5.53. The number of benzene rings is 1. The van der Waals surface area contributed by atoms with Crippen molar-refractivity contribution in [2.24, 2.45) is 0 Å². The molecule has 0 aliphatic rings. The van der Waals surface area contributed by atoms with E-state index in [1.165, 1.54) is 5.56 Å². The number of anilines is 2. The molecule has 1 aromatic heterocycles.